The minimum Gasteiger partial charge on any atom is -0.393 e. The first kappa shape index (κ1) is 13.0. The fourth-order valence-electron chi connectivity index (χ4n) is 3.71. The van der Waals surface area contributed by atoms with Crippen LogP contribution in [-0.2, 0) is 6.54 Å². The minimum atomic E-state index is -0.0447. The molecule has 2 N–H and O–H groups in total. The molecule has 2 aliphatic carbocycles. The molecule has 1 aromatic carbocycles. The minimum absolute atomic E-state index is 0.0447. The van der Waals surface area contributed by atoms with Crippen molar-refractivity contribution in [2.24, 2.45) is 5.41 Å². The Labute approximate surface area is 124 Å². The molecule has 0 atom stereocenters. The van der Waals surface area contributed by atoms with Crippen molar-refractivity contribution in [3.63, 3.8) is 0 Å². The second-order valence-corrected chi connectivity index (χ2v) is 6.51. The highest BCUT2D eigenvalue weighted by Crippen LogP contribution is 2.55. The number of aliphatic hydroxyl groups excluding tert-OH is 1. The summed E-state index contributed by atoms with van der Waals surface area (Å²) in [6.07, 6.45) is 6.15. The van der Waals surface area contributed by atoms with Gasteiger partial charge in [-0.2, -0.15) is 15.0 Å². The molecule has 5 heteroatoms. The van der Waals surface area contributed by atoms with E-state index in [0.29, 0.717) is 11.5 Å². The third kappa shape index (κ3) is 2.47. The van der Waals surface area contributed by atoms with Gasteiger partial charge in [0.25, 0.3) is 0 Å². The molecule has 2 saturated carbocycles. The van der Waals surface area contributed by atoms with Crippen molar-refractivity contribution in [1.29, 1.82) is 0 Å². The molecule has 1 aromatic heterocycles. The lowest BCUT2D eigenvalue weighted by atomic mass is 9.53. The Morgan fingerprint density at radius 1 is 1.19 bits per heavy atom. The van der Waals surface area contributed by atoms with Crippen LogP contribution < -0.4 is 5.32 Å². The van der Waals surface area contributed by atoms with Gasteiger partial charge >= 0.3 is 0 Å². The second kappa shape index (κ2) is 4.93. The van der Waals surface area contributed by atoms with Crippen LogP contribution >= 0.6 is 0 Å². The van der Waals surface area contributed by atoms with E-state index >= 15 is 0 Å². The number of nitrogens with one attached hydrogen (secondary N) is 1. The summed E-state index contributed by atoms with van der Waals surface area (Å²) in [5.74, 6) is 0. The monoisotopic (exact) mass is 284 g/mol. The standard InChI is InChI=1S/C16H20N4O/c21-15-8-16(9-15)6-12(7-16)17-10-13-11-18-20(19-13)14-4-2-1-3-5-14/h1-5,11-12,15,17,21H,6-10H2. The Morgan fingerprint density at radius 3 is 2.67 bits per heavy atom. The smallest absolute Gasteiger partial charge is 0.0969 e. The van der Waals surface area contributed by atoms with E-state index in [0.717, 1.165) is 30.8 Å². The first-order valence-electron chi connectivity index (χ1n) is 7.61. The number of nitrogens with zero attached hydrogens (tertiary/aromatic N) is 3. The van der Waals surface area contributed by atoms with Crippen LogP contribution in [-0.4, -0.2) is 32.2 Å². The fraction of sp³-hybridized carbons (Fsp3) is 0.500. The summed E-state index contributed by atoms with van der Waals surface area (Å²) in [7, 11) is 0. The Morgan fingerprint density at radius 2 is 1.95 bits per heavy atom. The summed E-state index contributed by atoms with van der Waals surface area (Å²) >= 11 is 0. The van der Waals surface area contributed by atoms with Crippen molar-refractivity contribution in [3.8, 4) is 5.69 Å². The van der Waals surface area contributed by atoms with Crippen LogP contribution in [0.3, 0.4) is 0 Å². The lowest BCUT2D eigenvalue weighted by Crippen LogP contribution is -2.56. The molecule has 5 nitrogen and oxygen atoms in total. The van der Waals surface area contributed by atoms with Crippen LogP contribution in [0.1, 0.15) is 31.4 Å². The lowest BCUT2D eigenvalue weighted by molar-refractivity contribution is -0.0972. The normalized spacial score (nSPS) is 30.9. The third-order valence-corrected chi connectivity index (χ3v) is 4.79. The highest BCUT2D eigenvalue weighted by Gasteiger charge is 2.52. The molecule has 110 valence electrons. The van der Waals surface area contributed by atoms with Crippen LogP contribution in [0.5, 0.6) is 0 Å². The van der Waals surface area contributed by atoms with E-state index in [1.54, 1.807) is 4.80 Å². The second-order valence-electron chi connectivity index (χ2n) is 6.51. The molecule has 2 fully saturated rings. The van der Waals surface area contributed by atoms with Gasteiger partial charge in [0.15, 0.2) is 0 Å². The quantitative estimate of drug-likeness (QED) is 0.896. The average molecular weight is 284 g/mol. The van der Waals surface area contributed by atoms with E-state index in [4.69, 9.17) is 0 Å². The SMILES string of the molecule is OC1CC2(C1)CC(NCc1cnn(-c3ccccc3)n1)C2. The maximum Gasteiger partial charge on any atom is 0.0969 e. The third-order valence-electron chi connectivity index (χ3n) is 4.79. The maximum absolute atomic E-state index is 9.41. The van der Waals surface area contributed by atoms with E-state index in [1.807, 2.05) is 36.5 Å². The van der Waals surface area contributed by atoms with E-state index in [-0.39, 0.29) is 6.10 Å². The zero-order chi connectivity index (χ0) is 14.3. The molecular formula is C16H20N4O. The number of aromatic nitrogens is 3. The Balaban J connectivity index is 1.30. The highest BCUT2D eigenvalue weighted by molar-refractivity contribution is 5.28. The average Bonchev–Trinajstić information content (AvgIpc) is 2.90. The van der Waals surface area contributed by atoms with Gasteiger partial charge in [-0.25, -0.2) is 0 Å². The Hall–Kier alpha value is -1.72. The van der Waals surface area contributed by atoms with Gasteiger partial charge in [-0.05, 0) is 43.2 Å². The van der Waals surface area contributed by atoms with Gasteiger partial charge in [0, 0.05) is 12.6 Å². The molecular weight excluding hydrogens is 264 g/mol. The fourth-order valence-corrected chi connectivity index (χ4v) is 3.71. The first-order valence-corrected chi connectivity index (χ1v) is 7.61. The van der Waals surface area contributed by atoms with Gasteiger partial charge in [-0.3, -0.25) is 0 Å². The van der Waals surface area contributed by atoms with Gasteiger partial charge in [-0.1, -0.05) is 18.2 Å². The van der Waals surface area contributed by atoms with E-state index in [1.165, 1.54) is 12.8 Å². The van der Waals surface area contributed by atoms with Crippen molar-refractivity contribution in [2.45, 2.75) is 44.4 Å². The summed E-state index contributed by atoms with van der Waals surface area (Å²) in [5, 5.41) is 21.8. The summed E-state index contributed by atoms with van der Waals surface area (Å²) in [6.45, 7) is 0.760. The largest absolute Gasteiger partial charge is 0.393 e. The van der Waals surface area contributed by atoms with Crippen molar-refractivity contribution < 1.29 is 5.11 Å². The number of hydrogen-bond donors (Lipinski definition) is 2. The van der Waals surface area contributed by atoms with Crippen molar-refractivity contribution >= 4 is 0 Å². The number of rotatable bonds is 4. The predicted octanol–water partition coefficient (Wildman–Crippen LogP) is 1.66. The summed E-state index contributed by atoms with van der Waals surface area (Å²) in [5.41, 5.74) is 2.40. The molecule has 0 aliphatic heterocycles. The van der Waals surface area contributed by atoms with E-state index < -0.39 is 0 Å². The van der Waals surface area contributed by atoms with Gasteiger partial charge in [0.05, 0.1) is 23.7 Å². The molecule has 1 heterocycles. The van der Waals surface area contributed by atoms with Crippen LogP contribution in [0, 0.1) is 5.41 Å². The molecule has 0 amide bonds. The van der Waals surface area contributed by atoms with Crippen molar-refractivity contribution in [2.75, 3.05) is 0 Å². The lowest BCUT2D eigenvalue weighted by Gasteiger charge is -2.56. The number of benzene rings is 1. The van der Waals surface area contributed by atoms with Crippen LogP contribution in [0.15, 0.2) is 36.5 Å². The molecule has 2 aromatic rings. The number of hydrogen-bond acceptors (Lipinski definition) is 4. The van der Waals surface area contributed by atoms with Crippen LogP contribution in [0.2, 0.25) is 0 Å². The number of para-hydroxylation sites is 1. The van der Waals surface area contributed by atoms with Gasteiger partial charge < -0.3 is 10.4 Å². The molecule has 0 radical (unpaired) electrons. The molecule has 0 saturated heterocycles. The highest BCUT2D eigenvalue weighted by atomic mass is 16.3. The van der Waals surface area contributed by atoms with Gasteiger partial charge in [0.1, 0.15) is 0 Å². The topological polar surface area (TPSA) is 63.0 Å². The summed E-state index contributed by atoms with van der Waals surface area (Å²) in [4.78, 5) is 1.67. The zero-order valence-electron chi connectivity index (χ0n) is 11.9. The van der Waals surface area contributed by atoms with Crippen LogP contribution in [0.4, 0.5) is 0 Å². The van der Waals surface area contributed by atoms with E-state index in [2.05, 4.69) is 15.5 Å². The first-order chi connectivity index (χ1) is 10.2. The molecule has 0 unspecified atom stereocenters. The molecule has 4 rings (SSSR count). The van der Waals surface area contributed by atoms with Crippen molar-refractivity contribution in [3.05, 3.63) is 42.2 Å². The Kier molecular flexibility index (Phi) is 3.05. The molecule has 21 heavy (non-hydrogen) atoms. The van der Waals surface area contributed by atoms with Crippen LogP contribution in [0.25, 0.3) is 5.69 Å². The molecule has 0 bridgehead atoms. The van der Waals surface area contributed by atoms with E-state index in [9.17, 15) is 5.11 Å². The summed E-state index contributed by atoms with van der Waals surface area (Å²) < 4.78 is 0. The van der Waals surface area contributed by atoms with Gasteiger partial charge in [-0.15, -0.1) is 0 Å². The Bertz CT molecular complexity index is 610. The maximum atomic E-state index is 9.41. The summed E-state index contributed by atoms with van der Waals surface area (Å²) in [6, 6.07) is 10.5. The van der Waals surface area contributed by atoms with Crippen molar-refractivity contribution in [1.82, 2.24) is 20.3 Å². The molecule has 1 spiro atoms. The number of aliphatic hydroxyl groups is 1. The zero-order valence-corrected chi connectivity index (χ0v) is 11.9. The molecule has 2 aliphatic rings. The predicted molar refractivity (Wildman–Crippen MR) is 78.9 cm³/mol. The van der Waals surface area contributed by atoms with Gasteiger partial charge in [0.2, 0.25) is 0 Å².